The Bertz CT molecular complexity index is 651. The van der Waals surface area contributed by atoms with Crippen molar-refractivity contribution >= 4 is 0 Å². The molecule has 27 heavy (non-hydrogen) atoms. The van der Waals surface area contributed by atoms with E-state index in [9.17, 15) is 0 Å². The summed E-state index contributed by atoms with van der Waals surface area (Å²) in [5.74, 6) is 1.06. The van der Waals surface area contributed by atoms with Crippen molar-refractivity contribution < 1.29 is 14.2 Å². The number of methoxy groups -OCH3 is 1. The van der Waals surface area contributed by atoms with Crippen molar-refractivity contribution in [3.8, 4) is 5.75 Å². The summed E-state index contributed by atoms with van der Waals surface area (Å²) in [5, 5.41) is 0. The Hall–Kier alpha value is -2.10. The molecule has 2 aromatic carbocycles. The molecule has 0 spiro atoms. The highest BCUT2D eigenvalue weighted by atomic mass is 16.5. The van der Waals surface area contributed by atoms with E-state index in [1.165, 1.54) is 5.56 Å². The van der Waals surface area contributed by atoms with Gasteiger partial charge in [-0.15, -0.1) is 6.58 Å². The molecule has 0 saturated carbocycles. The smallest absolute Gasteiger partial charge is 0.118 e. The molecule has 0 saturated heterocycles. The minimum absolute atomic E-state index is 0.0315. The average molecular weight is 369 g/mol. The molecule has 0 bridgehead atoms. The molecule has 0 amide bonds. The predicted octanol–water partition coefficient (Wildman–Crippen LogP) is 5.44. The fourth-order valence-electron chi connectivity index (χ4n) is 3.13. The molecule has 0 radical (unpaired) electrons. The van der Waals surface area contributed by atoms with Crippen molar-refractivity contribution in [3.05, 3.63) is 78.4 Å². The van der Waals surface area contributed by atoms with Gasteiger partial charge < -0.3 is 14.2 Å². The standard InChI is InChI=1S/C24H32O3/c1-5-16-26-24(6-2)23(17-20-10-8-7-9-11-20)19(3)27-18-21-12-14-22(25-4)15-13-21/h6-15,19,23-24H,2,5,16-18H2,1,3-4H3/t19-,23-,24-/m0/s1. The van der Waals surface area contributed by atoms with E-state index in [0.717, 1.165) is 30.8 Å². The van der Waals surface area contributed by atoms with Gasteiger partial charge in [-0.25, -0.2) is 0 Å². The largest absolute Gasteiger partial charge is 0.497 e. The van der Waals surface area contributed by atoms with Crippen LogP contribution in [0.4, 0.5) is 0 Å². The third-order valence-corrected chi connectivity index (χ3v) is 4.76. The molecule has 0 heterocycles. The van der Waals surface area contributed by atoms with Gasteiger partial charge in [0.25, 0.3) is 0 Å². The van der Waals surface area contributed by atoms with Crippen LogP contribution in [0, 0.1) is 5.92 Å². The van der Waals surface area contributed by atoms with Crippen molar-refractivity contribution in [1.29, 1.82) is 0 Å². The average Bonchev–Trinajstić information content (AvgIpc) is 2.72. The monoisotopic (exact) mass is 368 g/mol. The molecule has 3 heteroatoms. The molecule has 0 aliphatic heterocycles. The third kappa shape index (κ3) is 6.85. The summed E-state index contributed by atoms with van der Waals surface area (Å²) in [6.07, 6.45) is 3.80. The Labute approximate surface area is 164 Å². The van der Waals surface area contributed by atoms with Crippen LogP contribution in [0.25, 0.3) is 0 Å². The van der Waals surface area contributed by atoms with Gasteiger partial charge >= 0.3 is 0 Å². The van der Waals surface area contributed by atoms with Gasteiger partial charge in [-0.1, -0.05) is 55.5 Å². The zero-order valence-corrected chi connectivity index (χ0v) is 16.8. The van der Waals surface area contributed by atoms with Gasteiger partial charge in [-0.05, 0) is 43.0 Å². The number of benzene rings is 2. The number of hydrogen-bond acceptors (Lipinski definition) is 3. The van der Waals surface area contributed by atoms with Crippen molar-refractivity contribution in [2.24, 2.45) is 5.92 Å². The van der Waals surface area contributed by atoms with Gasteiger partial charge in [0.15, 0.2) is 0 Å². The quantitative estimate of drug-likeness (QED) is 0.467. The Morgan fingerprint density at radius 1 is 0.963 bits per heavy atom. The van der Waals surface area contributed by atoms with Crippen LogP contribution in [0.15, 0.2) is 67.3 Å². The number of ether oxygens (including phenoxy) is 3. The first kappa shape index (κ1) is 21.2. The molecule has 2 aromatic rings. The fraction of sp³-hybridized carbons (Fsp3) is 0.417. The van der Waals surface area contributed by atoms with Crippen LogP contribution in [0.1, 0.15) is 31.4 Å². The molecule has 0 aromatic heterocycles. The van der Waals surface area contributed by atoms with Crippen LogP contribution >= 0.6 is 0 Å². The third-order valence-electron chi connectivity index (χ3n) is 4.76. The fourth-order valence-corrected chi connectivity index (χ4v) is 3.13. The predicted molar refractivity (Wildman–Crippen MR) is 111 cm³/mol. The first-order chi connectivity index (χ1) is 13.2. The van der Waals surface area contributed by atoms with Gasteiger partial charge in [-0.2, -0.15) is 0 Å². The van der Waals surface area contributed by atoms with Crippen LogP contribution in [-0.4, -0.2) is 25.9 Å². The Morgan fingerprint density at radius 2 is 1.67 bits per heavy atom. The second kappa shape index (κ2) is 11.6. The normalized spacial score (nSPS) is 14.3. The highest BCUT2D eigenvalue weighted by Gasteiger charge is 2.26. The first-order valence-electron chi connectivity index (χ1n) is 9.70. The summed E-state index contributed by atoms with van der Waals surface area (Å²) in [7, 11) is 1.67. The maximum atomic E-state index is 6.23. The molecule has 0 N–H and O–H groups in total. The summed E-state index contributed by atoms with van der Waals surface area (Å²) < 4.78 is 17.5. The Kier molecular flexibility index (Phi) is 9.09. The molecular weight excluding hydrogens is 336 g/mol. The highest BCUT2D eigenvalue weighted by Crippen LogP contribution is 2.23. The van der Waals surface area contributed by atoms with E-state index in [1.54, 1.807) is 7.11 Å². The van der Waals surface area contributed by atoms with E-state index in [4.69, 9.17) is 14.2 Å². The van der Waals surface area contributed by atoms with Gasteiger partial charge in [0.1, 0.15) is 5.75 Å². The second-order valence-corrected chi connectivity index (χ2v) is 6.79. The van der Waals surface area contributed by atoms with Crippen molar-refractivity contribution in [2.75, 3.05) is 13.7 Å². The van der Waals surface area contributed by atoms with Crippen LogP contribution in [0.2, 0.25) is 0 Å². The summed E-state index contributed by atoms with van der Waals surface area (Å²) in [5.41, 5.74) is 2.42. The SMILES string of the molecule is C=C[C@H](OCCC)[C@@H](Cc1ccccc1)[C@H](C)OCc1ccc(OC)cc1. The van der Waals surface area contributed by atoms with Crippen LogP contribution < -0.4 is 4.74 Å². The Morgan fingerprint density at radius 3 is 2.26 bits per heavy atom. The molecular formula is C24H32O3. The first-order valence-corrected chi connectivity index (χ1v) is 9.70. The van der Waals surface area contributed by atoms with E-state index >= 15 is 0 Å². The molecule has 0 aliphatic rings. The van der Waals surface area contributed by atoms with Crippen molar-refractivity contribution in [2.45, 2.75) is 45.5 Å². The summed E-state index contributed by atoms with van der Waals surface area (Å²) in [4.78, 5) is 0. The topological polar surface area (TPSA) is 27.7 Å². The maximum absolute atomic E-state index is 6.23. The molecule has 3 nitrogen and oxygen atoms in total. The van der Waals surface area contributed by atoms with E-state index in [1.807, 2.05) is 36.4 Å². The van der Waals surface area contributed by atoms with Crippen LogP contribution in [0.3, 0.4) is 0 Å². The second-order valence-electron chi connectivity index (χ2n) is 6.79. The van der Waals surface area contributed by atoms with E-state index < -0.39 is 0 Å². The summed E-state index contributed by atoms with van der Waals surface area (Å²) in [6, 6.07) is 18.5. The van der Waals surface area contributed by atoms with Crippen LogP contribution in [0.5, 0.6) is 5.75 Å². The van der Waals surface area contributed by atoms with Gasteiger partial charge in [0, 0.05) is 12.5 Å². The number of hydrogen-bond donors (Lipinski definition) is 0. The number of rotatable bonds is 12. The lowest BCUT2D eigenvalue weighted by Crippen LogP contribution is -2.34. The van der Waals surface area contributed by atoms with Crippen LogP contribution in [-0.2, 0) is 22.5 Å². The Balaban J connectivity index is 2.05. The molecule has 146 valence electrons. The zero-order valence-electron chi connectivity index (χ0n) is 16.8. The van der Waals surface area contributed by atoms with E-state index in [0.29, 0.717) is 6.61 Å². The van der Waals surface area contributed by atoms with Crippen molar-refractivity contribution in [1.82, 2.24) is 0 Å². The van der Waals surface area contributed by atoms with Gasteiger partial charge in [0.05, 0.1) is 25.9 Å². The van der Waals surface area contributed by atoms with Gasteiger partial charge in [-0.3, -0.25) is 0 Å². The van der Waals surface area contributed by atoms with E-state index in [2.05, 4.69) is 44.7 Å². The van der Waals surface area contributed by atoms with Crippen molar-refractivity contribution in [3.63, 3.8) is 0 Å². The lowest BCUT2D eigenvalue weighted by molar-refractivity contribution is -0.0460. The highest BCUT2D eigenvalue weighted by molar-refractivity contribution is 5.26. The maximum Gasteiger partial charge on any atom is 0.118 e. The molecule has 0 fully saturated rings. The lowest BCUT2D eigenvalue weighted by Gasteiger charge is -2.30. The molecule has 3 atom stereocenters. The molecule has 2 rings (SSSR count). The minimum atomic E-state index is -0.0315. The minimum Gasteiger partial charge on any atom is -0.497 e. The zero-order chi connectivity index (χ0) is 19.5. The van der Waals surface area contributed by atoms with E-state index in [-0.39, 0.29) is 18.1 Å². The summed E-state index contributed by atoms with van der Waals surface area (Å²) in [6.45, 7) is 9.54. The summed E-state index contributed by atoms with van der Waals surface area (Å²) >= 11 is 0. The van der Waals surface area contributed by atoms with Gasteiger partial charge in [0.2, 0.25) is 0 Å². The lowest BCUT2D eigenvalue weighted by atomic mass is 9.89. The molecule has 0 unspecified atom stereocenters. The molecule has 0 aliphatic carbocycles.